The first-order chi connectivity index (χ1) is 7.76. The van der Waals surface area contributed by atoms with Crippen molar-refractivity contribution in [3.63, 3.8) is 0 Å². The number of carboxylic acid groups (broad SMARTS) is 1. The summed E-state index contributed by atoms with van der Waals surface area (Å²) in [6.45, 7) is 5.03. The third-order valence-corrected chi connectivity index (χ3v) is 1.58. The van der Waals surface area contributed by atoms with Crippen molar-refractivity contribution in [3.05, 3.63) is 12.5 Å². The molecule has 0 saturated heterocycles. The van der Waals surface area contributed by atoms with Crippen molar-refractivity contribution in [2.24, 2.45) is 0 Å². The van der Waals surface area contributed by atoms with E-state index in [0.717, 1.165) is 0 Å². The minimum absolute atomic E-state index is 0.205. The Labute approximate surface area is 98.4 Å². The fraction of sp³-hybridized carbons (Fsp3) is 0.500. The number of imidazole rings is 1. The summed E-state index contributed by atoms with van der Waals surface area (Å²) in [6, 6.07) is 0. The molecular formula is C10H15N3O4. The van der Waals surface area contributed by atoms with E-state index >= 15 is 0 Å². The second-order valence-corrected chi connectivity index (χ2v) is 4.45. The number of carboxylic acids is 1. The average Bonchev–Trinajstić information content (AvgIpc) is 2.46. The molecule has 0 aliphatic carbocycles. The van der Waals surface area contributed by atoms with Gasteiger partial charge in [0, 0.05) is 6.20 Å². The van der Waals surface area contributed by atoms with E-state index in [1.54, 1.807) is 20.8 Å². The van der Waals surface area contributed by atoms with Gasteiger partial charge in [0.2, 0.25) is 0 Å². The number of nitrogens with one attached hydrogen (secondary N) is 1. The standard InChI is InChI=1S/C10H15N3O4/c1-10(2,3)17-9(16)12-7-4-13(6-11-7)5-8(14)15/h4,6H,5H2,1-3H3,(H,12,16)(H,14,15). The van der Waals surface area contributed by atoms with Gasteiger partial charge in [0.05, 0.1) is 6.33 Å². The van der Waals surface area contributed by atoms with Crippen molar-refractivity contribution >= 4 is 17.9 Å². The van der Waals surface area contributed by atoms with Crippen LogP contribution in [0.25, 0.3) is 0 Å². The van der Waals surface area contributed by atoms with Crippen molar-refractivity contribution < 1.29 is 19.4 Å². The molecule has 0 radical (unpaired) electrons. The van der Waals surface area contributed by atoms with Gasteiger partial charge in [-0.05, 0) is 20.8 Å². The van der Waals surface area contributed by atoms with Gasteiger partial charge in [0.15, 0.2) is 5.82 Å². The molecule has 0 fully saturated rings. The Morgan fingerprint density at radius 2 is 2.18 bits per heavy atom. The van der Waals surface area contributed by atoms with Crippen LogP contribution in [0.1, 0.15) is 20.8 Å². The lowest BCUT2D eigenvalue weighted by molar-refractivity contribution is -0.137. The van der Waals surface area contributed by atoms with Crippen LogP contribution in [0, 0.1) is 0 Å². The molecule has 1 amide bonds. The first-order valence-corrected chi connectivity index (χ1v) is 5.00. The van der Waals surface area contributed by atoms with Crippen LogP contribution in [-0.4, -0.2) is 32.3 Å². The van der Waals surface area contributed by atoms with Gasteiger partial charge in [0.25, 0.3) is 0 Å². The summed E-state index contributed by atoms with van der Waals surface area (Å²) in [5, 5.41) is 11.0. The topological polar surface area (TPSA) is 93.5 Å². The van der Waals surface area contributed by atoms with Crippen LogP contribution in [0.15, 0.2) is 12.5 Å². The van der Waals surface area contributed by atoms with E-state index < -0.39 is 17.7 Å². The Morgan fingerprint density at radius 1 is 1.53 bits per heavy atom. The van der Waals surface area contributed by atoms with Gasteiger partial charge in [-0.1, -0.05) is 0 Å². The van der Waals surface area contributed by atoms with Gasteiger partial charge >= 0.3 is 12.1 Å². The Bertz CT molecular complexity index is 419. The molecule has 0 bridgehead atoms. The molecule has 0 saturated carbocycles. The monoisotopic (exact) mass is 241 g/mol. The summed E-state index contributed by atoms with van der Waals surface area (Å²) in [5.74, 6) is -0.730. The number of amides is 1. The molecule has 7 heteroatoms. The summed E-state index contributed by atoms with van der Waals surface area (Å²) >= 11 is 0. The highest BCUT2D eigenvalue weighted by molar-refractivity contribution is 5.83. The Hall–Kier alpha value is -2.05. The summed E-state index contributed by atoms with van der Waals surface area (Å²) in [5.41, 5.74) is -0.590. The molecule has 1 aromatic rings. The molecule has 1 aromatic heterocycles. The normalized spacial score (nSPS) is 11.0. The zero-order valence-electron chi connectivity index (χ0n) is 9.93. The highest BCUT2D eigenvalue weighted by Crippen LogP contribution is 2.09. The quantitative estimate of drug-likeness (QED) is 0.832. The maximum absolute atomic E-state index is 11.4. The van der Waals surface area contributed by atoms with E-state index in [2.05, 4.69) is 10.3 Å². The number of ether oxygens (including phenoxy) is 1. The highest BCUT2D eigenvalue weighted by atomic mass is 16.6. The number of anilines is 1. The summed E-state index contributed by atoms with van der Waals surface area (Å²) in [4.78, 5) is 25.6. The molecule has 1 rings (SSSR count). The number of hydrogen-bond donors (Lipinski definition) is 2. The molecule has 0 aromatic carbocycles. The maximum Gasteiger partial charge on any atom is 0.413 e. The SMILES string of the molecule is CC(C)(C)OC(=O)Nc1cn(CC(=O)O)cn1. The smallest absolute Gasteiger partial charge is 0.413 e. The molecule has 0 atom stereocenters. The lowest BCUT2D eigenvalue weighted by Gasteiger charge is -2.18. The van der Waals surface area contributed by atoms with Crippen LogP contribution in [0.5, 0.6) is 0 Å². The second-order valence-electron chi connectivity index (χ2n) is 4.45. The molecule has 0 aliphatic rings. The first-order valence-electron chi connectivity index (χ1n) is 5.00. The van der Waals surface area contributed by atoms with Crippen molar-refractivity contribution in [1.29, 1.82) is 0 Å². The van der Waals surface area contributed by atoms with Crippen molar-refractivity contribution in [1.82, 2.24) is 9.55 Å². The maximum atomic E-state index is 11.4. The number of hydrogen-bond acceptors (Lipinski definition) is 4. The summed E-state index contributed by atoms with van der Waals surface area (Å²) < 4.78 is 6.36. The van der Waals surface area contributed by atoms with Crippen LogP contribution < -0.4 is 5.32 Å². The zero-order chi connectivity index (χ0) is 13.1. The third-order valence-electron chi connectivity index (χ3n) is 1.58. The minimum Gasteiger partial charge on any atom is -0.480 e. The van der Waals surface area contributed by atoms with Crippen LogP contribution >= 0.6 is 0 Å². The zero-order valence-corrected chi connectivity index (χ0v) is 9.93. The lowest BCUT2D eigenvalue weighted by atomic mass is 10.2. The largest absolute Gasteiger partial charge is 0.480 e. The number of aliphatic carboxylic acids is 1. The third kappa shape index (κ3) is 5.01. The molecule has 0 aliphatic heterocycles. The Balaban J connectivity index is 2.55. The van der Waals surface area contributed by atoms with Gasteiger partial charge in [-0.3, -0.25) is 10.1 Å². The number of carbonyl (C=O) groups is 2. The van der Waals surface area contributed by atoms with Gasteiger partial charge < -0.3 is 14.4 Å². The van der Waals surface area contributed by atoms with Crippen molar-refractivity contribution in [2.75, 3.05) is 5.32 Å². The lowest BCUT2D eigenvalue weighted by Crippen LogP contribution is -2.27. The molecule has 7 nitrogen and oxygen atoms in total. The summed E-state index contributed by atoms with van der Waals surface area (Å²) in [6.07, 6.45) is 2.11. The van der Waals surface area contributed by atoms with E-state index in [1.807, 2.05) is 0 Å². The number of rotatable bonds is 3. The predicted molar refractivity (Wildman–Crippen MR) is 59.7 cm³/mol. The molecule has 17 heavy (non-hydrogen) atoms. The van der Waals surface area contributed by atoms with Crippen LogP contribution in [0.4, 0.5) is 10.6 Å². The first kappa shape index (κ1) is 13.0. The number of aromatic nitrogens is 2. The minimum atomic E-state index is -0.980. The molecule has 0 spiro atoms. The van der Waals surface area contributed by atoms with Crippen LogP contribution in [0.3, 0.4) is 0 Å². The van der Waals surface area contributed by atoms with Gasteiger partial charge in [-0.25, -0.2) is 9.78 Å². The van der Waals surface area contributed by atoms with Crippen LogP contribution in [0.2, 0.25) is 0 Å². The molecular weight excluding hydrogens is 226 g/mol. The van der Waals surface area contributed by atoms with E-state index in [-0.39, 0.29) is 12.4 Å². The van der Waals surface area contributed by atoms with Gasteiger partial charge in [-0.15, -0.1) is 0 Å². The predicted octanol–water partition coefficient (Wildman–Crippen LogP) is 1.31. The number of carbonyl (C=O) groups excluding carboxylic acids is 1. The highest BCUT2D eigenvalue weighted by Gasteiger charge is 2.16. The Morgan fingerprint density at radius 3 is 2.71 bits per heavy atom. The fourth-order valence-corrected chi connectivity index (χ4v) is 1.08. The van der Waals surface area contributed by atoms with E-state index in [9.17, 15) is 9.59 Å². The average molecular weight is 241 g/mol. The fourth-order valence-electron chi connectivity index (χ4n) is 1.08. The van der Waals surface area contributed by atoms with E-state index in [4.69, 9.17) is 9.84 Å². The van der Waals surface area contributed by atoms with Gasteiger partial charge in [0.1, 0.15) is 12.1 Å². The number of nitrogens with zero attached hydrogens (tertiary/aromatic N) is 2. The van der Waals surface area contributed by atoms with Crippen LogP contribution in [-0.2, 0) is 16.1 Å². The second kappa shape index (κ2) is 4.86. The van der Waals surface area contributed by atoms with Gasteiger partial charge in [-0.2, -0.15) is 0 Å². The Kier molecular flexibility index (Phi) is 3.72. The molecule has 94 valence electrons. The molecule has 2 N–H and O–H groups in total. The molecule has 0 unspecified atom stereocenters. The van der Waals surface area contributed by atoms with Crippen molar-refractivity contribution in [2.45, 2.75) is 32.9 Å². The molecule has 1 heterocycles. The van der Waals surface area contributed by atoms with Crippen molar-refractivity contribution in [3.8, 4) is 0 Å². The van der Waals surface area contributed by atoms with E-state index in [0.29, 0.717) is 0 Å². The van der Waals surface area contributed by atoms with E-state index in [1.165, 1.54) is 17.1 Å². The summed E-state index contributed by atoms with van der Waals surface area (Å²) in [7, 11) is 0.